The van der Waals surface area contributed by atoms with Gasteiger partial charge >= 0.3 is 12.0 Å². The third kappa shape index (κ3) is 6.44. The minimum Gasteiger partial charge on any atom is -0.481 e. The third-order valence-corrected chi connectivity index (χ3v) is 3.54. The monoisotopic (exact) mass is 301 g/mol. The van der Waals surface area contributed by atoms with Crippen molar-refractivity contribution < 1.29 is 24.2 Å². The summed E-state index contributed by atoms with van der Waals surface area (Å²) in [4.78, 5) is 33.9. The Bertz CT molecular complexity index is 375. The van der Waals surface area contributed by atoms with E-state index in [1.54, 1.807) is 0 Å². The summed E-state index contributed by atoms with van der Waals surface area (Å²) in [6, 6.07) is -0.465. The van der Waals surface area contributed by atoms with Crippen LogP contribution in [0.25, 0.3) is 0 Å². The first kappa shape index (κ1) is 17.2. The smallest absolute Gasteiger partial charge is 0.315 e. The van der Waals surface area contributed by atoms with E-state index in [0.717, 1.165) is 12.8 Å². The molecule has 4 N–H and O–H groups in total. The van der Waals surface area contributed by atoms with Crippen LogP contribution in [0.5, 0.6) is 0 Å². The highest BCUT2D eigenvalue weighted by molar-refractivity contribution is 5.83. The maximum atomic E-state index is 11.5. The molecule has 2 atom stereocenters. The first-order valence-corrected chi connectivity index (χ1v) is 7.04. The van der Waals surface area contributed by atoms with Crippen LogP contribution in [0.15, 0.2) is 0 Å². The predicted octanol–water partition coefficient (Wildman–Crippen LogP) is -0.451. The number of aliphatic carboxylic acids is 1. The van der Waals surface area contributed by atoms with Gasteiger partial charge in [-0.15, -0.1) is 0 Å². The molecule has 0 spiro atoms. The van der Waals surface area contributed by atoms with Gasteiger partial charge in [0, 0.05) is 20.2 Å². The first-order chi connectivity index (χ1) is 10.0. The van der Waals surface area contributed by atoms with Crippen molar-refractivity contribution in [2.45, 2.75) is 19.3 Å². The molecule has 0 saturated heterocycles. The van der Waals surface area contributed by atoms with Gasteiger partial charge in [-0.25, -0.2) is 4.79 Å². The molecule has 0 aromatic heterocycles. The topological polar surface area (TPSA) is 117 Å². The maximum Gasteiger partial charge on any atom is 0.315 e. The van der Waals surface area contributed by atoms with Crippen molar-refractivity contribution in [1.29, 1.82) is 0 Å². The number of ether oxygens (including phenoxy) is 1. The Morgan fingerprint density at radius 2 is 1.95 bits per heavy atom. The van der Waals surface area contributed by atoms with Crippen molar-refractivity contribution in [3.63, 3.8) is 0 Å². The molecule has 0 aromatic carbocycles. The lowest BCUT2D eigenvalue weighted by atomic mass is 9.96. The summed E-state index contributed by atoms with van der Waals surface area (Å²) < 4.78 is 4.78. The molecule has 1 rings (SSSR count). The third-order valence-electron chi connectivity index (χ3n) is 3.54. The van der Waals surface area contributed by atoms with Gasteiger partial charge in [0.15, 0.2) is 0 Å². The molecule has 0 radical (unpaired) electrons. The predicted molar refractivity (Wildman–Crippen MR) is 74.8 cm³/mol. The van der Waals surface area contributed by atoms with Gasteiger partial charge < -0.3 is 25.8 Å². The SMILES string of the molecule is COCCNC(=O)CNC(=O)NCC1CCCC1C(=O)O. The molecule has 2 unspecified atom stereocenters. The number of methoxy groups -OCH3 is 1. The Morgan fingerprint density at radius 1 is 1.19 bits per heavy atom. The normalized spacial score (nSPS) is 20.8. The lowest BCUT2D eigenvalue weighted by molar-refractivity contribution is -0.142. The molecule has 3 amide bonds. The Balaban J connectivity index is 2.16. The summed E-state index contributed by atoms with van der Waals surface area (Å²) in [7, 11) is 1.53. The minimum absolute atomic E-state index is 0.0382. The number of hydrogen-bond acceptors (Lipinski definition) is 4. The van der Waals surface area contributed by atoms with Crippen molar-refractivity contribution in [2.75, 3.05) is 33.4 Å². The van der Waals surface area contributed by atoms with Gasteiger partial charge in [-0.2, -0.15) is 0 Å². The van der Waals surface area contributed by atoms with Crippen LogP contribution >= 0.6 is 0 Å². The van der Waals surface area contributed by atoms with Crippen molar-refractivity contribution in [2.24, 2.45) is 11.8 Å². The Hall–Kier alpha value is -1.83. The van der Waals surface area contributed by atoms with Crippen LogP contribution in [-0.4, -0.2) is 56.4 Å². The largest absolute Gasteiger partial charge is 0.481 e. The molecule has 1 saturated carbocycles. The zero-order chi connectivity index (χ0) is 15.7. The molecular weight excluding hydrogens is 278 g/mol. The van der Waals surface area contributed by atoms with Crippen molar-refractivity contribution in [1.82, 2.24) is 16.0 Å². The molecule has 8 nitrogen and oxygen atoms in total. The fourth-order valence-electron chi connectivity index (χ4n) is 2.41. The van der Waals surface area contributed by atoms with Crippen molar-refractivity contribution in [3.05, 3.63) is 0 Å². The number of carboxylic acids is 1. The van der Waals surface area contributed by atoms with Gasteiger partial charge in [0.25, 0.3) is 0 Å². The summed E-state index contributed by atoms with van der Waals surface area (Å²) in [5, 5.41) is 16.7. The highest BCUT2D eigenvalue weighted by Gasteiger charge is 2.32. The molecule has 0 heterocycles. The maximum absolute atomic E-state index is 11.5. The average Bonchev–Trinajstić information content (AvgIpc) is 2.92. The van der Waals surface area contributed by atoms with Crippen LogP contribution in [0.1, 0.15) is 19.3 Å². The number of carbonyl (C=O) groups excluding carboxylic acids is 2. The average molecular weight is 301 g/mol. The molecule has 1 fully saturated rings. The summed E-state index contributed by atoms with van der Waals surface area (Å²) in [6.07, 6.45) is 2.33. The Labute approximate surface area is 123 Å². The van der Waals surface area contributed by atoms with E-state index in [4.69, 9.17) is 9.84 Å². The second-order valence-corrected chi connectivity index (χ2v) is 5.04. The summed E-state index contributed by atoms with van der Waals surface area (Å²) >= 11 is 0. The van der Waals surface area contributed by atoms with Gasteiger partial charge in [0.05, 0.1) is 19.1 Å². The van der Waals surface area contributed by atoms with E-state index >= 15 is 0 Å². The van der Waals surface area contributed by atoms with E-state index < -0.39 is 12.0 Å². The zero-order valence-corrected chi connectivity index (χ0v) is 12.2. The second kappa shape index (κ2) is 9.17. The quantitative estimate of drug-likeness (QED) is 0.453. The van der Waals surface area contributed by atoms with E-state index in [0.29, 0.717) is 26.1 Å². The number of rotatable bonds is 8. The molecule has 0 aliphatic heterocycles. The van der Waals surface area contributed by atoms with E-state index in [-0.39, 0.29) is 24.3 Å². The van der Waals surface area contributed by atoms with Crippen LogP contribution in [0.3, 0.4) is 0 Å². The lowest BCUT2D eigenvalue weighted by Gasteiger charge is -2.16. The van der Waals surface area contributed by atoms with Gasteiger partial charge in [-0.3, -0.25) is 9.59 Å². The number of carboxylic acid groups (broad SMARTS) is 1. The van der Waals surface area contributed by atoms with E-state index in [9.17, 15) is 14.4 Å². The molecule has 8 heteroatoms. The number of amides is 3. The van der Waals surface area contributed by atoms with E-state index in [1.807, 2.05) is 0 Å². The summed E-state index contributed by atoms with van der Waals surface area (Å²) in [6.45, 7) is 0.994. The van der Waals surface area contributed by atoms with Crippen molar-refractivity contribution in [3.8, 4) is 0 Å². The summed E-state index contributed by atoms with van der Waals surface area (Å²) in [5.41, 5.74) is 0. The molecule has 1 aliphatic rings. The van der Waals surface area contributed by atoms with Crippen LogP contribution in [-0.2, 0) is 14.3 Å². The van der Waals surface area contributed by atoms with Gasteiger partial charge in [0.2, 0.25) is 5.91 Å². The molecule has 21 heavy (non-hydrogen) atoms. The Kier molecular flexibility index (Phi) is 7.52. The summed E-state index contributed by atoms with van der Waals surface area (Å²) in [5.74, 6) is -1.53. The number of nitrogens with one attached hydrogen (secondary N) is 3. The van der Waals surface area contributed by atoms with Crippen LogP contribution in [0.4, 0.5) is 4.79 Å². The number of urea groups is 1. The highest BCUT2D eigenvalue weighted by atomic mass is 16.5. The second-order valence-electron chi connectivity index (χ2n) is 5.04. The molecule has 1 aliphatic carbocycles. The molecule has 120 valence electrons. The fourth-order valence-corrected chi connectivity index (χ4v) is 2.41. The lowest BCUT2D eigenvalue weighted by Crippen LogP contribution is -2.44. The van der Waals surface area contributed by atoms with E-state index in [1.165, 1.54) is 7.11 Å². The zero-order valence-electron chi connectivity index (χ0n) is 12.2. The van der Waals surface area contributed by atoms with Crippen LogP contribution < -0.4 is 16.0 Å². The highest BCUT2D eigenvalue weighted by Crippen LogP contribution is 2.31. The minimum atomic E-state index is -0.808. The number of hydrogen-bond donors (Lipinski definition) is 4. The van der Waals surface area contributed by atoms with Crippen LogP contribution in [0.2, 0.25) is 0 Å². The van der Waals surface area contributed by atoms with Gasteiger partial charge in [0.1, 0.15) is 0 Å². The molecule has 0 bridgehead atoms. The first-order valence-electron chi connectivity index (χ1n) is 7.04. The molecular formula is C13H23N3O5. The van der Waals surface area contributed by atoms with Crippen molar-refractivity contribution >= 4 is 17.9 Å². The van der Waals surface area contributed by atoms with Gasteiger partial charge in [-0.1, -0.05) is 6.42 Å². The fraction of sp³-hybridized carbons (Fsp3) is 0.769. The molecule has 0 aromatic rings. The Morgan fingerprint density at radius 3 is 2.62 bits per heavy atom. The number of carbonyl (C=O) groups is 3. The van der Waals surface area contributed by atoms with Crippen LogP contribution in [0, 0.1) is 11.8 Å². The standard InChI is InChI=1S/C13H23N3O5/c1-21-6-5-14-11(17)8-16-13(20)15-7-9-3-2-4-10(9)12(18)19/h9-10H,2-8H2,1H3,(H,14,17)(H,18,19)(H2,15,16,20). The van der Waals surface area contributed by atoms with E-state index in [2.05, 4.69) is 16.0 Å². The van der Waals surface area contributed by atoms with Gasteiger partial charge in [-0.05, 0) is 18.8 Å².